The van der Waals surface area contributed by atoms with Gasteiger partial charge >= 0.3 is 0 Å². The monoisotopic (exact) mass is 388 g/mol. The Morgan fingerprint density at radius 3 is 2.32 bits per heavy atom. The van der Waals surface area contributed by atoms with Crippen molar-refractivity contribution in [3.63, 3.8) is 0 Å². The Hall–Kier alpha value is -0.390. The molecule has 104 valence electrons. The molecule has 0 aliphatic carbocycles. The summed E-state index contributed by atoms with van der Waals surface area (Å²) in [6.45, 7) is 7.92. The molecule has 0 spiro atoms. The molecule has 1 saturated heterocycles. The molecule has 1 heterocycles. The van der Waals surface area contributed by atoms with Gasteiger partial charge in [-0.1, -0.05) is 15.9 Å². The lowest BCUT2D eigenvalue weighted by Gasteiger charge is -2.37. The molecule has 19 heavy (non-hydrogen) atoms. The zero-order chi connectivity index (χ0) is 14.0. The van der Waals surface area contributed by atoms with Gasteiger partial charge in [-0.25, -0.2) is 0 Å². The number of hydrogen-bond acceptors (Lipinski definition) is 2. The van der Waals surface area contributed by atoms with Crippen molar-refractivity contribution in [3.8, 4) is 0 Å². The van der Waals surface area contributed by atoms with Crippen LogP contribution in [0.15, 0.2) is 27.1 Å². The molecule has 1 amide bonds. The molecule has 1 aliphatic heterocycles. The van der Waals surface area contributed by atoms with Crippen molar-refractivity contribution in [2.45, 2.75) is 19.9 Å². The van der Waals surface area contributed by atoms with Crippen LogP contribution in [0.3, 0.4) is 0 Å². The van der Waals surface area contributed by atoms with E-state index in [9.17, 15) is 4.79 Å². The van der Waals surface area contributed by atoms with Crippen LogP contribution >= 0.6 is 31.9 Å². The molecule has 0 radical (unpaired) electrons. The van der Waals surface area contributed by atoms with Crippen molar-refractivity contribution < 1.29 is 4.79 Å². The zero-order valence-electron chi connectivity index (χ0n) is 11.2. The van der Waals surface area contributed by atoms with Gasteiger partial charge in [0.05, 0.1) is 5.56 Å². The van der Waals surface area contributed by atoms with Crippen molar-refractivity contribution >= 4 is 37.8 Å². The summed E-state index contributed by atoms with van der Waals surface area (Å²) in [5, 5.41) is 0. The Kier molecular flexibility index (Phi) is 5.03. The second kappa shape index (κ2) is 6.37. The van der Waals surface area contributed by atoms with E-state index in [1.54, 1.807) is 0 Å². The number of piperazine rings is 1. The first-order valence-electron chi connectivity index (χ1n) is 6.47. The SMILES string of the molecule is CC(C)N1CCN(C(=O)c2ccc(Br)cc2Br)CC1. The Labute approximate surface area is 131 Å². The molecule has 1 aromatic rings. The quantitative estimate of drug-likeness (QED) is 0.774. The van der Waals surface area contributed by atoms with E-state index < -0.39 is 0 Å². The van der Waals surface area contributed by atoms with E-state index in [0.29, 0.717) is 6.04 Å². The van der Waals surface area contributed by atoms with E-state index in [1.807, 2.05) is 23.1 Å². The number of benzene rings is 1. The van der Waals surface area contributed by atoms with Crippen LogP contribution in [-0.2, 0) is 0 Å². The van der Waals surface area contributed by atoms with Crippen molar-refractivity contribution in [3.05, 3.63) is 32.7 Å². The predicted molar refractivity (Wildman–Crippen MR) is 84.5 cm³/mol. The van der Waals surface area contributed by atoms with Gasteiger partial charge in [0, 0.05) is 41.2 Å². The summed E-state index contributed by atoms with van der Waals surface area (Å²) in [5.74, 6) is 0.114. The van der Waals surface area contributed by atoms with E-state index >= 15 is 0 Å². The summed E-state index contributed by atoms with van der Waals surface area (Å²) in [7, 11) is 0. The standard InChI is InChI=1S/C14H18Br2N2O/c1-10(2)17-5-7-18(8-6-17)14(19)12-4-3-11(15)9-13(12)16/h3-4,9-10H,5-8H2,1-2H3. The minimum Gasteiger partial charge on any atom is -0.336 e. The van der Waals surface area contributed by atoms with E-state index in [1.165, 1.54) is 0 Å². The lowest BCUT2D eigenvalue weighted by Crippen LogP contribution is -2.50. The van der Waals surface area contributed by atoms with Crippen molar-refractivity contribution in [2.75, 3.05) is 26.2 Å². The molecule has 2 rings (SSSR count). The minimum absolute atomic E-state index is 0.114. The number of rotatable bonds is 2. The average molecular weight is 390 g/mol. The lowest BCUT2D eigenvalue weighted by molar-refractivity contribution is 0.0594. The van der Waals surface area contributed by atoms with E-state index in [2.05, 4.69) is 50.6 Å². The third kappa shape index (κ3) is 3.58. The highest BCUT2D eigenvalue weighted by atomic mass is 79.9. The molecule has 0 unspecified atom stereocenters. The fourth-order valence-electron chi connectivity index (χ4n) is 2.27. The lowest BCUT2D eigenvalue weighted by atomic mass is 10.1. The first-order chi connectivity index (χ1) is 8.99. The largest absolute Gasteiger partial charge is 0.336 e. The Balaban J connectivity index is 2.05. The molecule has 1 aliphatic rings. The highest BCUT2D eigenvalue weighted by Gasteiger charge is 2.24. The molecule has 0 bridgehead atoms. The number of nitrogens with zero attached hydrogens (tertiary/aromatic N) is 2. The number of hydrogen-bond donors (Lipinski definition) is 0. The van der Waals surface area contributed by atoms with Crippen molar-refractivity contribution in [1.82, 2.24) is 9.80 Å². The van der Waals surface area contributed by atoms with Gasteiger partial charge in [0.15, 0.2) is 0 Å². The Morgan fingerprint density at radius 2 is 1.79 bits per heavy atom. The average Bonchev–Trinajstić information content (AvgIpc) is 2.38. The van der Waals surface area contributed by atoms with Crippen molar-refractivity contribution in [2.24, 2.45) is 0 Å². The smallest absolute Gasteiger partial charge is 0.255 e. The molecule has 0 aromatic heterocycles. The predicted octanol–water partition coefficient (Wildman–Crippen LogP) is 3.38. The van der Waals surface area contributed by atoms with E-state index in [0.717, 1.165) is 40.7 Å². The summed E-state index contributed by atoms with van der Waals surface area (Å²) in [6.07, 6.45) is 0. The van der Waals surface area contributed by atoms with Gasteiger partial charge < -0.3 is 4.90 Å². The number of carbonyl (C=O) groups is 1. The molecule has 3 nitrogen and oxygen atoms in total. The maximum Gasteiger partial charge on any atom is 0.255 e. The summed E-state index contributed by atoms with van der Waals surface area (Å²) < 4.78 is 1.82. The van der Waals surface area contributed by atoms with Crippen LogP contribution in [0.4, 0.5) is 0 Å². The normalized spacial score (nSPS) is 17.0. The van der Waals surface area contributed by atoms with E-state index in [-0.39, 0.29) is 5.91 Å². The van der Waals surface area contributed by atoms with Gasteiger partial charge in [0.2, 0.25) is 0 Å². The third-order valence-electron chi connectivity index (χ3n) is 3.49. The molecule has 5 heteroatoms. The van der Waals surface area contributed by atoms with E-state index in [4.69, 9.17) is 0 Å². The van der Waals surface area contributed by atoms with Crippen LogP contribution in [0.1, 0.15) is 24.2 Å². The topological polar surface area (TPSA) is 23.6 Å². The first-order valence-corrected chi connectivity index (χ1v) is 8.06. The second-order valence-electron chi connectivity index (χ2n) is 5.05. The minimum atomic E-state index is 0.114. The van der Waals surface area contributed by atoms with Crippen LogP contribution in [0.2, 0.25) is 0 Å². The molecule has 0 N–H and O–H groups in total. The van der Waals surface area contributed by atoms with Gasteiger partial charge in [-0.2, -0.15) is 0 Å². The number of halogens is 2. The molecule has 1 fully saturated rings. The maximum absolute atomic E-state index is 12.5. The van der Waals surface area contributed by atoms with Gasteiger partial charge in [-0.3, -0.25) is 9.69 Å². The van der Waals surface area contributed by atoms with Gasteiger partial charge in [-0.15, -0.1) is 0 Å². The molecule has 0 saturated carbocycles. The highest BCUT2D eigenvalue weighted by molar-refractivity contribution is 9.11. The highest BCUT2D eigenvalue weighted by Crippen LogP contribution is 2.23. The summed E-state index contributed by atoms with van der Waals surface area (Å²) >= 11 is 6.87. The fraction of sp³-hybridized carbons (Fsp3) is 0.500. The van der Waals surface area contributed by atoms with Crippen molar-refractivity contribution in [1.29, 1.82) is 0 Å². The molecule has 1 aromatic carbocycles. The summed E-state index contributed by atoms with van der Waals surface area (Å²) in [6, 6.07) is 6.24. The second-order valence-corrected chi connectivity index (χ2v) is 6.82. The Morgan fingerprint density at radius 1 is 1.16 bits per heavy atom. The molecular formula is C14H18Br2N2O. The maximum atomic E-state index is 12.5. The third-order valence-corrected chi connectivity index (χ3v) is 4.64. The van der Waals surface area contributed by atoms with Gasteiger partial charge in [0.1, 0.15) is 0 Å². The molecule has 0 atom stereocenters. The summed E-state index contributed by atoms with van der Waals surface area (Å²) in [5.41, 5.74) is 0.737. The first kappa shape index (κ1) is 15.0. The van der Waals surface area contributed by atoms with Crippen LogP contribution in [0, 0.1) is 0 Å². The Bertz CT molecular complexity index is 469. The van der Waals surface area contributed by atoms with Crippen LogP contribution in [-0.4, -0.2) is 47.9 Å². The molecular weight excluding hydrogens is 372 g/mol. The van der Waals surface area contributed by atoms with Crippen LogP contribution in [0.5, 0.6) is 0 Å². The fourth-order valence-corrected chi connectivity index (χ4v) is 3.49. The zero-order valence-corrected chi connectivity index (χ0v) is 14.4. The van der Waals surface area contributed by atoms with Gasteiger partial charge in [0.25, 0.3) is 5.91 Å². The van der Waals surface area contributed by atoms with Gasteiger partial charge in [-0.05, 0) is 48.0 Å². The number of carbonyl (C=O) groups excluding carboxylic acids is 1. The summed E-state index contributed by atoms with van der Waals surface area (Å²) in [4.78, 5) is 16.8. The van der Waals surface area contributed by atoms with Crippen LogP contribution in [0.25, 0.3) is 0 Å². The van der Waals surface area contributed by atoms with Crippen LogP contribution < -0.4 is 0 Å². The number of amides is 1.